The molecule has 4 N–H and O–H groups in total. The fourth-order valence-corrected chi connectivity index (χ4v) is 2.02. The van der Waals surface area contributed by atoms with Gasteiger partial charge in [0.05, 0.1) is 11.5 Å². The molecule has 1 aliphatic rings. The summed E-state index contributed by atoms with van der Waals surface area (Å²) < 4.78 is 0. The van der Waals surface area contributed by atoms with Crippen molar-refractivity contribution in [1.82, 2.24) is 5.32 Å². The molecule has 0 spiro atoms. The molecule has 1 saturated carbocycles. The van der Waals surface area contributed by atoms with Gasteiger partial charge in [-0.05, 0) is 26.2 Å². The van der Waals surface area contributed by atoms with E-state index < -0.39 is 5.60 Å². The molecular formula is C12H24N2O2. The summed E-state index contributed by atoms with van der Waals surface area (Å²) in [6.07, 6.45) is 4.64. The first-order valence-corrected chi connectivity index (χ1v) is 6.22. The van der Waals surface area contributed by atoms with E-state index in [2.05, 4.69) is 5.32 Å². The summed E-state index contributed by atoms with van der Waals surface area (Å²) in [6.45, 7) is 3.94. The summed E-state index contributed by atoms with van der Waals surface area (Å²) in [6, 6.07) is -0.0136. The molecule has 0 aromatic rings. The zero-order valence-electron chi connectivity index (χ0n) is 10.3. The minimum Gasteiger partial charge on any atom is -0.388 e. The van der Waals surface area contributed by atoms with E-state index in [0.29, 0.717) is 13.0 Å². The Bertz CT molecular complexity index is 241. The molecule has 0 radical (unpaired) electrons. The highest BCUT2D eigenvalue weighted by molar-refractivity contribution is 5.79. The molecule has 3 unspecified atom stereocenters. The maximum Gasteiger partial charge on any atom is 0.224 e. The zero-order chi connectivity index (χ0) is 12.2. The largest absolute Gasteiger partial charge is 0.388 e. The van der Waals surface area contributed by atoms with Crippen molar-refractivity contribution in [3.63, 3.8) is 0 Å². The van der Waals surface area contributed by atoms with E-state index >= 15 is 0 Å². The van der Waals surface area contributed by atoms with Crippen molar-refractivity contribution >= 4 is 5.91 Å². The minimum atomic E-state index is -0.811. The van der Waals surface area contributed by atoms with Gasteiger partial charge in [0, 0.05) is 12.6 Å². The van der Waals surface area contributed by atoms with Crippen LogP contribution in [0.1, 0.15) is 46.0 Å². The van der Waals surface area contributed by atoms with E-state index in [1.54, 1.807) is 6.92 Å². The van der Waals surface area contributed by atoms with Crippen molar-refractivity contribution in [2.24, 2.45) is 11.7 Å². The third-order valence-corrected chi connectivity index (χ3v) is 3.56. The fraction of sp³-hybridized carbons (Fsp3) is 0.917. The molecule has 0 aliphatic heterocycles. The second kappa shape index (κ2) is 5.64. The van der Waals surface area contributed by atoms with Crippen LogP contribution in [0.2, 0.25) is 0 Å². The van der Waals surface area contributed by atoms with Gasteiger partial charge in [-0.15, -0.1) is 0 Å². The summed E-state index contributed by atoms with van der Waals surface area (Å²) in [5.74, 6) is -0.0673. The summed E-state index contributed by atoms with van der Waals surface area (Å²) in [4.78, 5) is 11.9. The number of hydrogen-bond acceptors (Lipinski definition) is 3. The van der Waals surface area contributed by atoms with E-state index in [1.165, 1.54) is 0 Å². The quantitative estimate of drug-likeness (QED) is 0.665. The maximum atomic E-state index is 11.9. The molecule has 0 aromatic carbocycles. The van der Waals surface area contributed by atoms with Gasteiger partial charge in [-0.25, -0.2) is 0 Å². The van der Waals surface area contributed by atoms with Crippen molar-refractivity contribution in [3.8, 4) is 0 Å². The fourth-order valence-electron chi connectivity index (χ4n) is 2.02. The van der Waals surface area contributed by atoms with Gasteiger partial charge in [0.15, 0.2) is 0 Å². The number of hydrogen-bond donors (Lipinski definition) is 3. The molecule has 1 aliphatic carbocycles. The van der Waals surface area contributed by atoms with E-state index in [0.717, 1.165) is 25.7 Å². The molecule has 4 heteroatoms. The lowest BCUT2D eigenvalue weighted by atomic mass is 9.84. The molecule has 1 fully saturated rings. The Balaban J connectivity index is 2.39. The Morgan fingerprint density at radius 2 is 2.12 bits per heavy atom. The Hall–Kier alpha value is -0.610. The van der Waals surface area contributed by atoms with Crippen molar-refractivity contribution in [3.05, 3.63) is 0 Å². The summed E-state index contributed by atoms with van der Waals surface area (Å²) in [7, 11) is 0. The molecule has 16 heavy (non-hydrogen) atoms. The highest BCUT2D eigenvalue weighted by Crippen LogP contribution is 2.23. The topological polar surface area (TPSA) is 75.3 Å². The first-order chi connectivity index (χ1) is 7.46. The van der Waals surface area contributed by atoms with E-state index in [-0.39, 0.29) is 17.9 Å². The Kier molecular flexibility index (Phi) is 4.74. The lowest BCUT2D eigenvalue weighted by Gasteiger charge is -2.29. The van der Waals surface area contributed by atoms with Gasteiger partial charge in [0.2, 0.25) is 5.91 Å². The third-order valence-electron chi connectivity index (χ3n) is 3.56. The number of aliphatic hydroxyl groups is 1. The molecular weight excluding hydrogens is 204 g/mol. The average Bonchev–Trinajstić information content (AvgIpc) is 2.27. The van der Waals surface area contributed by atoms with Crippen LogP contribution in [0, 0.1) is 5.92 Å². The van der Waals surface area contributed by atoms with Crippen LogP contribution in [-0.4, -0.2) is 29.2 Å². The molecule has 1 rings (SSSR count). The average molecular weight is 228 g/mol. The summed E-state index contributed by atoms with van der Waals surface area (Å²) in [5.41, 5.74) is 5.12. The highest BCUT2D eigenvalue weighted by Gasteiger charge is 2.29. The number of rotatable bonds is 4. The highest BCUT2D eigenvalue weighted by atomic mass is 16.3. The van der Waals surface area contributed by atoms with Gasteiger partial charge < -0.3 is 16.2 Å². The number of nitrogens with two attached hydrogens (primary N) is 1. The SMILES string of the molecule is CCC(C)(O)CNC(=O)C1CCCCC1N. The van der Waals surface area contributed by atoms with Crippen LogP contribution in [-0.2, 0) is 4.79 Å². The molecule has 3 atom stereocenters. The van der Waals surface area contributed by atoms with Crippen LogP contribution in [0.5, 0.6) is 0 Å². The second-order valence-electron chi connectivity index (χ2n) is 5.12. The number of carbonyl (C=O) groups is 1. The van der Waals surface area contributed by atoms with Gasteiger partial charge in [0.1, 0.15) is 0 Å². The molecule has 94 valence electrons. The Morgan fingerprint density at radius 1 is 1.50 bits per heavy atom. The number of carbonyl (C=O) groups excluding carboxylic acids is 1. The van der Waals surface area contributed by atoms with E-state index in [1.807, 2.05) is 6.92 Å². The Morgan fingerprint density at radius 3 is 2.69 bits per heavy atom. The predicted molar refractivity (Wildman–Crippen MR) is 63.9 cm³/mol. The van der Waals surface area contributed by atoms with E-state index in [4.69, 9.17) is 5.73 Å². The van der Waals surface area contributed by atoms with Gasteiger partial charge in [-0.3, -0.25) is 4.79 Å². The Labute approximate surface area is 97.6 Å². The smallest absolute Gasteiger partial charge is 0.224 e. The molecule has 4 nitrogen and oxygen atoms in total. The standard InChI is InChI=1S/C12H24N2O2/c1-3-12(2,16)8-14-11(15)9-6-4-5-7-10(9)13/h9-10,16H,3-8,13H2,1-2H3,(H,14,15). The van der Waals surface area contributed by atoms with Crippen LogP contribution in [0.3, 0.4) is 0 Å². The monoisotopic (exact) mass is 228 g/mol. The van der Waals surface area contributed by atoms with Gasteiger partial charge >= 0.3 is 0 Å². The van der Waals surface area contributed by atoms with Gasteiger partial charge in [-0.1, -0.05) is 19.8 Å². The summed E-state index contributed by atoms with van der Waals surface area (Å²) in [5, 5.41) is 12.6. The van der Waals surface area contributed by atoms with E-state index in [9.17, 15) is 9.90 Å². The lowest BCUT2D eigenvalue weighted by molar-refractivity contribution is -0.127. The zero-order valence-corrected chi connectivity index (χ0v) is 10.3. The molecule has 0 bridgehead atoms. The van der Waals surface area contributed by atoms with Crippen LogP contribution in [0.4, 0.5) is 0 Å². The van der Waals surface area contributed by atoms with Crippen LogP contribution in [0.15, 0.2) is 0 Å². The van der Waals surface area contributed by atoms with Crippen LogP contribution >= 0.6 is 0 Å². The molecule has 0 aromatic heterocycles. The maximum absolute atomic E-state index is 11.9. The predicted octanol–water partition coefficient (Wildman–Crippen LogP) is 0.781. The minimum absolute atomic E-state index is 0.000856. The number of amides is 1. The first-order valence-electron chi connectivity index (χ1n) is 6.22. The van der Waals surface area contributed by atoms with Crippen molar-refractivity contribution in [2.75, 3.05) is 6.54 Å². The van der Waals surface area contributed by atoms with Crippen molar-refractivity contribution in [1.29, 1.82) is 0 Å². The normalized spacial score (nSPS) is 29.5. The number of nitrogens with one attached hydrogen (secondary N) is 1. The summed E-state index contributed by atoms with van der Waals surface area (Å²) >= 11 is 0. The van der Waals surface area contributed by atoms with Crippen LogP contribution < -0.4 is 11.1 Å². The lowest BCUT2D eigenvalue weighted by Crippen LogP contribution is -2.47. The first kappa shape index (κ1) is 13.5. The van der Waals surface area contributed by atoms with Crippen molar-refractivity contribution in [2.45, 2.75) is 57.6 Å². The molecule has 0 heterocycles. The molecule has 0 saturated heterocycles. The van der Waals surface area contributed by atoms with Crippen LogP contribution in [0.25, 0.3) is 0 Å². The van der Waals surface area contributed by atoms with Gasteiger partial charge in [-0.2, -0.15) is 0 Å². The second-order valence-corrected chi connectivity index (χ2v) is 5.12. The molecule has 1 amide bonds. The third kappa shape index (κ3) is 3.76. The van der Waals surface area contributed by atoms with Gasteiger partial charge in [0.25, 0.3) is 0 Å². The van der Waals surface area contributed by atoms with Crippen molar-refractivity contribution < 1.29 is 9.90 Å².